The van der Waals surface area contributed by atoms with Crippen molar-refractivity contribution in [3.8, 4) is 0 Å². The van der Waals surface area contributed by atoms with E-state index in [0.717, 1.165) is 4.90 Å². The number of rotatable bonds is 0. The Bertz CT molecular complexity index is 176. The molecule has 1 heterocycles. The number of nitrogens with zero attached hydrogens (tertiary/aromatic N) is 1. The minimum atomic E-state index is -4.80. The van der Waals surface area contributed by atoms with Gasteiger partial charge in [0.25, 0.3) is 5.92 Å². The highest BCUT2D eigenvalue weighted by Crippen LogP contribution is 2.42. The first kappa shape index (κ1) is 12.5. The van der Waals surface area contributed by atoms with Crippen LogP contribution in [0.2, 0.25) is 0 Å². The molecule has 0 radical (unpaired) electrons. The van der Waals surface area contributed by atoms with Gasteiger partial charge in [0.05, 0.1) is 6.54 Å². The van der Waals surface area contributed by atoms with Gasteiger partial charge in [-0.15, -0.1) is 0 Å². The second kappa shape index (κ2) is 3.36. The fourth-order valence-corrected chi connectivity index (χ4v) is 1.32. The Hall–Kier alpha value is -0.460. The summed E-state index contributed by atoms with van der Waals surface area (Å²) in [6.45, 7) is -1.42. The van der Waals surface area contributed by atoms with E-state index in [1.54, 1.807) is 0 Å². The zero-order valence-corrected chi connectivity index (χ0v) is 6.74. The predicted octanol–water partition coefficient (Wildman–Crippen LogP) is 1.90. The van der Waals surface area contributed by atoms with Crippen LogP contribution in [0.25, 0.3) is 0 Å². The number of alkyl halides is 5. The minimum absolute atomic E-state index is 0. The molecule has 0 aromatic rings. The monoisotopic (exact) mass is 209 g/mol. The van der Waals surface area contributed by atoms with E-state index >= 15 is 0 Å². The first-order chi connectivity index (χ1) is 5.23. The van der Waals surface area contributed by atoms with Crippen molar-refractivity contribution in [3.63, 3.8) is 0 Å². The minimum Gasteiger partial charge on any atom is -0.300 e. The van der Waals surface area contributed by atoms with Gasteiger partial charge in [0, 0.05) is 6.54 Å². The van der Waals surface area contributed by atoms with Crippen LogP contribution in [-0.2, 0) is 0 Å². The molecule has 0 N–H and O–H groups in total. The Morgan fingerprint density at radius 3 is 1.92 bits per heavy atom. The first-order valence-electron chi connectivity index (χ1n) is 3.36. The fraction of sp³-hybridized carbons (Fsp3) is 1.00. The zero-order valence-electron chi connectivity index (χ0n) is 6.74. The van der Waals surface area contributed by atoms with Crippen molar-refractivity contribution in [2.75, 3.05) is 20.1 Å². The molecule has 0 bridgehead atoms. The SMILES string of the molecule is CN1CC(C(F)(F)F)C(F)(F)C1.F. The number of hydrogen-bond donors (Lipinski definition) is 0. The van der Waals surface area contributed by atoms with Gasteiger partial charge in [-0.2, -0.15) is 13.2 Å². The van der Waals surface area contributed by atoms with Crippen LogP contribution in [0.3, 0.4) is 0 Å². The summed E-state index contributed by atoms with van der Waals surface area (Å²) in [5.74, 6) is -6.14. The molecular formula is C6H9F6N. The van der Waals surface area contributed by atoms with Crippen molar-refractivity contribution in [2.24, 2.45) is 5.92 Å². The van der Waals surface area contributed by atoms with Crippen molar-refractivity contribution >= 4 is 0 Å². The normalized spacial score (nSPS) is 28.6. The van der Waals surface area contributed by atoms with Crippen molar-refractivity contribution in [2.45, 2.75) is 12.1 Å². The van der Waals surface area contributed by atoms with Gasteiger partial charge in [0.1, 0.15) is 5.92 Å². The molecular weight excluding hydrogens is 200 g/mol. The maximum atomic E-state index is 12.6. The Morgan fingerprint density at radius 1 is 1.31 bits per heavy atom. The maximum Gasteiger partial charge on any atom is 0.398 e. The standard InChI is InChI=1S/C6H8F5N.FH/c1-12-2-4(6(9,10)11)5(7,8)3-12;/h4H,2-3H2,1H3;1H. The van der Waals surface area contributed by atoms with E-state index in [9.17, 15) is 22.0 Å². The van der Waals surface area contributed by atoms with Gasteiger partial charge in [-0.05, 0) is 7.05 Å². The van der Waals surface area contributed by atoms with E-state index in [1.807, 2.05) is 0 Å². The van der Waals surface area contributed by atoms with Crippen molar-refractivity contribution in [3.05, 3.63) is 0 Å². The van der Waals surface area contributed by atoms with E-state index in [2.05, 4.69) is 0 Å². The van der Waals surface area contributed by atoms with Gasteiger partial charge >= 0.3 is 6.18 Å². The molecule has 7 heteroatoms. The molecule has 1 saturated heterocycles. The fourth-order valence-electron chi connectivity index (χ4n) is 1.32. The van der Waals surface area contributed by atoms with Gasteiger partial charge in [-0.25, -0.2) is 8.78 Å². The Balaban J connectivity index is 0.00000144. The van der Waals surface area contributed by atoms with E-state index in [1.165, 1.54) is 7.05 Å². The van der Waals surface area contributed by atoms with Crippen LogP contribution in [0.4, 0.5) is 26.7 Å². The molecule has 13 heavy (non-hydrogen) atoms. The molecule has 0 aliphatic carbocycles. The molecule has 1 atom stereocenters. The van der Waals surface area contributed by atoms with Gasteiger partial charge in [-0.1, -0.05) is 0 Å². The maximum absolute atomic E-state index is 12.6. The molecule has 1 aliphatic heterocycles. The molecule has 0 amide bonds. The summed E-state index contributed by atoms with van der Waals surface area (Å²) in [6, 6.07) is 0. The van der Waals surface area contributed by atoms with Gasteiger partial charge in [-0.3, -0.25) is 9.60 Å². The average Bonchev–Trinajstić information content (AvgIpc) is 2.02. The van der Waals surface area contributed by atoms with Crippen LogP contribution in [0.5, 0.6) is 0 Å². The third kappa shape index (κ3) is 2.49. The highest BCUT2D eigenvalue weighted by Gasteiger charge is 2.59. The van der Waals surface area contributed by atoms with Gasteiger partial charge in [0.15, 0.2) is 0 Å². The Labute approximate surface area is 70.9 Å². The lowest BCUT2D eigenvalue weighted by molar-refractivity contribution is -0.221. The first-order valence-corrected chi connectivity index (χ1v) is 3.36. The molecule has 0 aromatic carbocycles. The van der Waals surface area contributed by atoms with Crippen LogP contribution in [0.15, 0.2) is 0 Å². The predicted molar refractivity (Wildman–Crippen MR) is 34.5 cm³/mol. The lowest BCUT2D eigenvalue weighted by Crippen LogP contribution is -2.37. The van der Waals surface area contributed by atoms with Crippen molar-refractivity contribution < 1.29 is 26.7 Å². The van der Waals surface area contributed by atoms with Crippen LogP contribution >= 0.6 is 0 Å². The summed E-state index contributed by atoms with van der Waals surface area (Å²) < 4.78 is 61.0. The third-order valence-electron chi connectivity index (χ3n) is 1.88. The second-order valence-corrected chi connectivity index (χ2v) is 3.05. The topological polar surface area (TPSA) is 3.24 Å². The van der Waals surface area contributed by atoms with Crippen molar-refractivity contribution in [1.82, 2.24) is 4.90 Å². The second-order valence-electron chi connectivity index (χ2n) is 3.05. The van der Waals surface area contributed by atoms with Crippen molar-refractivity contribution in [1.29, 1.82) is 0 Å². The molecule has 1 unspecified atom stereocenters. The Morgan fingerprint density at radius 2 is 1.77 bits per heavy atom. The smallest absolute Gasteiger partial charge is 0.300 e. The van der Waals surface area contributed by atoms with E-state index < -0.39 is 31.1 Å². The molecule has 0 aromatic heterocycles. The average molecular weight is 209 g/mol. The summed E-state index contributed by atoms with van der Waals surface area (Å²) in [5, 5.41) is 0. The van der Waals surface area contributed by atoms with E-state index in [4.69, 9.17) is 0 Å². The number of halogens is 6. The quantitative estimate of drug-likeness (QED) is 0.551. The van der Waals surface area contributed by atoms with Crippen LogP contribution in [0, 0.1) is 5.92 Å². The molecule has 1 nitrogen and oxygen atoms in total. The molecule has 1 aliphatic rings. The molecule has 80 valence electrons. The number of hydrogen-bond acceptors (Lipinski definition) is 1. The summed E-state index contributed by atoms with van der Waals surface area (Å²) in [6.07, 6.45) is -4.80. The molecule has 0 saturated carbocycles. The summed E-state index contributed by atoms with van der Waals surface area (Å²) in [5.41, 5.74) is 0. The van der Waals surface area contributed by atoms with Crippen LogP contribution in [-0.4, -0.2) is 37.1 Å². The largest absolute Gasteiger partial charge is 0.398 e. The van der Waals surface area contributed by atoms with E-state index in [0.29, 0.717) is 0 Å². The van der Waals surface area contributed by atoms with Gasteiger partial charge in [0.2, 0.25) is 0 Å². The molecule has 1 rings (SSSR count). The summed E-state index contributed by atoms with van der Waals surface area (Å²) in [4.78, 5) is 0.984. The Kier molecular flexibility index (Phi) is 3.24. The van der Waals surface area contributed by atoms with Crippen LogP contribution < -0.4 is 0 Å². The zero-order chi connectivity index (χ0) is 9.57. The van der Waals surface area contributed by atoms with Gasteiger partial charge < -0.3 is 0 Å². The third-order valence-corrected chi connectivity index (χ3v) is 1.88. The molecule has 0 spiro atoms. The molecule has 1 fully saturated rings. The highest BCUT2D eigenvalue weighted by molar-refractivity contribution is 4.92. The summed E-state index contributed by atoms with van der Waals surface area (Å²) in [7, 11) is 1.25. The van der Waals surface area contributed by atoms with Crippen LogP contribution in [0.1, 0.15) is 0 Å². The van der Waals surface area contributed by atoms with E-state index in [-0.39, 0.29) is 4.70 Å². The lowest BCUT2D eigenvalue weighted by atomic mass is 10.1. The lowest BCUT2D eigenvalue weighted by Gasteiger charge is -2.19. The summed E-state index contributed by atoms with van der Waals surface area (Å²) >= 11 is 0. The number of likely N-dealkylation sites (tertiary alicyclic amines) is 1. The highest BCUT2D eigenvalue weighted by atomic mass is 19.4.